The minimum Gasteiger partial charge on any atom is -0.497 e. The fourth-order valence-corrected chi connectivity index (χ4v) is 2.61. The predicted octanol–water partition coefficient (Wildman–Crippen LogP) is 1.98. The lowest BCUT2D eigenvalue weighted by molar-refractivity contribution is -0.122. The fraction of sp³-hybridized carbons (Fsp3) is 0.444. The highest BCUT2D eigenvalue weighted by Gasteiger charge is 2.21. The van der Waals surface area contributed by atoms with Crippen LogP contribution in [0.1, 0.15) is 31.3 Å². The van der Waals surface area contributed by atoms with Gasteiger partial charge in [0.1, 0.15) is 17.6 Å². The van der Waals surface area contributed by atoms with E-state index in [0.717, 1.165) is 30.2 Å². The maximum Gasteiger partial charge on any atom is 0.235 e. The van der Waals surface area contributed by atoms with E-state index in [0.29, 0.717) is 6.54 Å². The van der Waals surface area contributed by atoms with E-state index in [1.165, 1.54) is 0 Å². The van der Waals surface area contributed by atoms with Crippen molar-refractivity contribution in [3.8, 4) is 5.75 Å². The third-order valence-electron chi connectivity index (χ3n) is 4.13. The van der Waals surface area contributed by atoms with Gasteiger partial charge in [-0.25, -0.2) is 4.98 Å². The van der Waals surface area contributed by atoms with Crippen LogP contribution in [0.2, 0.25) is 0 Å². The Kier molecular flexibility index (Phi) is 6.37. The van der Waals surface area contributed by atoms with E-state index < -0.39 is 0 Å². The van der Waals surface area contributed by atoms with Gasteiger partial charge in [0.15, 0.2) is 0 Å². The number of imidazole rings is 1. The van der Waals surface area contributed by atoms with Crippen molar-refractivity contribution < 1.29 is 9.53 Å². The van der Waals surface area contributed by atoms with Gasteiger partial charge in [-0.1, -0.05) is 26.0 Å². The first-order valence-corrected chi connectivity index (χ1v) is 8.21. The van der Waals surface area contributed by atoms with E-state index in [2.05, 4.69) is 29.0 Å². The van der Waals surface area contributed by atoms with Gasteiger partial charge < -0.3 is 14.6 Å². The number of rotatable bonds is 8. The molecule has 1 atom stereocenters. The molecule has 0 radical (unpaired) electrons. The molecule has 2 aromatic rings. The first kappa shape index (κ1) is 18.0. The van der Waals surface area contributed by atoms with Crippen LogP contribution < -0.4 is 10.1 Å². The highest BCUT2D eigenvalue weighted by atomic mass is 16.5. The quantitative estimate of drug-likeness (QED) is 0.804. The number of ether oxygens (including phenoxy) is 1. The van der Waals surface area contributed by atoms with Crippen molar-refractivity contribution >= 4 is 5.91 Å². The minimum atomic E-state index is -0.293. The molecule has 24 heavy (non-hydrogen) atoms. The molecule has 0 saturated carbocycles. The topological polar surface area (TPSA) is 59.4 Å². The Morgan fingerprint density at radius 1 is 1.29 bits per heavy atom. The Morgan fingerprint density at radius 3 is 2.46 bits per heavy atom. The van der Waals surface area contributed by atoms with E-state index in [1.807, 2.05) is 42.1 Å². The number of methoxy groups -OCH3 is 1. The summed E-state index contributed by atoms with van der Waals surface area (Å²) in [5.74, 6) is 1.57. The Bertz CT molecular complexity index is 647. The molecule has 1 aromatic carbocycles. The van der Waals surface area contributed by atoms with Gasteiger partial charge in [0, 0.05) is 19.4 Å². The number of carbonyl (C=O) groups is 1. The van der Waals surface area contributed by atoms with Crippen molar-refractivity contribution in [2.75, 3.05) is 26.7 Å². The van der Waals surface area contributed by atoms with Crippen LogP contribution >= 0.6 is 0 Å². The molecule has 1 unspecified atom stereocenters. The molecule has 2 rings (SSSR count). The highest BCUT2D eigenvalue weighted by Crippen LogP contribution is 2.22. The first-order chi connectivity index (χ1) is 11.6. The molecule has 0 aliphatic heterocycles. The Balaban J connectivity index is 2.23. The van der Waals surface area contributed by atoms with Crippen molar-refractivity contribution in [2.45, 2.75) is 19.9 Å². The molecule has 130 valence electrons. The number of amides is 1. The van der Waals surface area contributed by atoms with Gasteiger partial charge in [-0.05, 0) is 30.8 Å². The van der Waals surface area contributed by atoms with Gasteiger partial charge in [0.25, 0.3) is 0 Å². The molecule has 1 N–H and O–H groups in total. The van der Waals surface area contributed by atoms with Crippen molar-refractivity contribution in [2.24, 2.45) is 7.05 Å². The summed E-state index contributed by atoms with van der Waals surface area (Å²) in [5.41, 5.74) is 0.970. The second kappa shape index (κ2) is 8.49. The van der Waals surface area contributed by atoms with Crippen LogP contribution in [-0.4, -0.2) is 47.1 Å². The van der Waals surface area contributed by atoms with Crippen LogP contribution in [0.15, 0.2) is 36.7 Å². The molecule has 1 heterocycles. The molecular weight excluding hydrogens is 304 g/mol. The Hall–Kier alpha value is -2.34. The molecule has 1 aromatic heterocycles. The van der Waals surface area contributed by atoms with E-state index in [4.69, 9.17) is 4.74 Å². The first-order valence-electron chi connectivity index (χ1n) is 8.21. The van der Waals surface area contributed by atoms with Crippen molar-refractivity contribution in [1.29, 1.82) is 0 Å². The van der Waals surface area contributed by atoms with Crippen molar-refractivity contribution in [3.63, 3.8) is 0 Å². The zero-order valence-electron chi connectivity index (χ0n) is 14.8. The number of aromatic nitrogens is 2. The van der Waals surface area contributed by atoms with Crippen LogP contribution in [0.4, 0.5) is 0 Å². The summed E-state index contributed by atoms with van der Waals surface area (Å²) in [6, 6.07) is 7.40. The summed E-state index contributed by atoms with van der Waals surface area (Å²) in [5, 5.41) is 3.11. The number of benzene rings is 1. The lowest BCUT2D eigenvalue weighted by Gasteiger charge is -2.22. The Labute approximate surface area is 143 Å². The highest BCUT2D eigenvalue weighted by molar-refractivity contribution is 5.78. The summed E-state index contributed by atoms with van der Waals surface area (Å²) in [6.07, 6.45) is 3.62. The number of hydrogen-bond acceptors (Lipinski definition) is 4. The summed E-state index contributed by atoms with van der Waals surface area (Å²) in [7, 11) is 3.56. The van der Waals surface area contributed by atoms with Crippen molar-refractivity contribution in [3.05, 3.63) is 48.0 Å². The van der Waals surface area contributed by atoms with Crippen LogP contribution in [0.25, 0.3) is 0 Å². The maximum absolute atomic E-state index is 12.5. The molecule has 0 aliphatic carbocycles. The average molecular weight is 330 g/mol. The lowest BCUT2D eigenvalue weighted by Crippen LogP contribution is -2.39. The molecule has 0 saturated heterocycles. The molecule has 0 fully saturated rings. The SMILES string of the molecule is CCN(CC)CC(=O)NC(c1ccc(OC)cc1)c1nccn1C. The molecule has 1 amide bonds. The standard InChI is InChI=1S/C18H26N4O2/c1-5-22(6-2)13-16(23)20-17(18-19-11-12-21(18)3)14-7-9-15(24-4)10-8-14/h7-12,17H,5-6,13H2,1-4H3,(H,20,23). The maximum atomic E-state index is 12.5. The molecule has 0 spiro atoms. The third-order valence-corrected chi connectivity index (χ3v) is 4.13. The summed E-state index contributed by atoms with van der Waals surface area (Å²) < 4.78 is 7.13. The Morgan fingerprint density at radius 2 is 1.96 bits per heavy atom. The van der Waals surface area contributed by atoms with Crippen LogP contribution in [0, 0.1) is 0 Å². The van der Waals surface area contributed by atoms with E-state index in [9.17, 15) is 4.79 Å². The normalized spacial score (nSPS) is 12.2. The molecule has 0 bridgehead atoms. The molecule has 6 heteroatoms. The number of aryl methyl sites for hydroxylation is 1. The largest absolute Gasteiger partial charge is 0.497 e. The fourth-order valence-electron chi connectivity index (χ4n) is 2.61. The van der Waals surface area contributed by atoms with Gasteiger partial charge >= 0.3 is 0 Å². The van der Waals surface area contributed by atoms with E-state index >= 15 is 0 Å². The summed E-state index contributed by atoms with van der Waals surface area (Å²) >= 11 is 0. The van der Waals surface area contributed by atoms with Crippen LogP contribution in [0.3, 0.4) is 0 Å². The number of nitrogens with one attached hydrogen (secondary N) is 1. The van der Waals surface area contributed by atoms with Gasteiger partial charge in [0.05, 0.1) is 13.7 Å². The average Bonchev–Trinajstić information content (AvgIpc) is 3.03. The van der Waals surface area contributed by atoms with Crippen LogP contribution in [-0.2, 0) is 11.8 Å². The molecule has 6 nitrogen and oxygen atoms in total. The van der Waals surface area contributed by atoms with Gasteiger partial charge in [0.2, 0.25) is 5.91 Å². The van der Waals surface area contributed by atoms with E-state index in [1.54, 1.807) is 13.3 Å². The second-order valence-electron chi connectivity index (χ2n) is 5.63. The number of hydrogen-bond donors (Lipinski definition) is 1. The van der Waals surface area contributed by atoms with Gasteiger partial charge in [-0.15, -0.1) is 0 Å². The summed E-state index contributed by atoms with van der Waals surface area (Å²) in [4.78, 5) is 19.0. The number of nitrogens with zero attached hydrogens (tertiary/aromatic N) is 3. The molecular formula is C18H26N4O2. The third kappa shape index (κ3) is 4.35. The van der Waals surface area contributed by atoms with Crippen LogP contribution in [0.5, 0.6) is 5.75 Å². The smallest absolute Gasteiger partial charge is 0.235 e. The zero-order valence-corrected chi connectivity index (χ0v) is 14.8. The summed E-state index contributed by atoms with van der Waals surface area (Å²) in [6.45, 7) is 6.18. The number of likely N-dealkylation sites (N-methyl/N-ethyl adjacent to an activating group) is 1. The van der Waals surface area contributed by atoms with Gasteiger partial charge in [-0.3, -0.25) is 9.69 Å². The van der Waals surface area contributed by atoms with Crippen molar-refractivity contribution in [1.82, 2.24) is 19.8 Å². The lowest BCUT2D eigenvalue weighted by atomic mass is 10.1. The number of carbonyl (C=O) groups excluding carboxylic acids is 1. The second-order valence-corrected chi connectivity index (χ2v) is 5.63. The van der Waals surface area contributed by atoms with E-state index in [-0.39, 0.29) is 11.9 Å². The minimum absolute atomic E-state index is 0.0116. The zero-order chi connectivity index (χ0) is 17.5. The monoisotopic (exact) mass is 330 g/mol. The molecule has 0 aliphatic rings. The van der Waals surface area contributed by atoms with Gasteiger partial charge in [-0.2, -0.15) is 0 Å². The predicted molar refractivity (Wildman–Crippen MR) is 94.0 cm³/mol.